The molecule has 2 N–H and O–H groups in total. The third kappa shape index (κ3) is 3.34. The molecule has 3 aromatic rings. The first-order valence-electron chi connectivity index (χ1n) is 10.2. The Labute approximate surface area is 176 Å². The van der Waals surface area contributed by atoms with Gasteiger partial charge >= 0.3 is 6.18 Å². The van der Waals surface area contributed by atoms with Gasteiger partial charge in [0, 0.05) is 17.4 Å². The van der Waals surface area contributed by atoms with Gasteiger partial charge in [0.15, 0.2) is 0 Å². The minimum Gasteiger partial charge on any atom is -0.316 e. The molecule has 0 unspecified atom stereocenters. The highest BCUT2D eigenvalue weighted by atomic mass is 19.4. The number of halogens is 3. The van der Waals surface area contributed by atoms with Crippen molar-refractivity contribution in [3.05, 3.63) is 36.2 Å². The molecule has 2 aliphatic heterocycles. The minimum atomic E-state index is -4.60. The first-order valence-corrected chi connectivity index (χ1v) is 10.2. The Morgan fingerprint density at radius 2 is 1.97 bits per heavy atom. The second-order valence-electron chi connectivity index (χ2n) is 8.18. The van der Waals surface area contributed by atoms with E-state index in [1.165, 1.54) is 6.33 Å². The van der Waals surface area contributed by atoms with Crippen LogP contribution in [0.4, 0.5) is 19.0 Å². The van der Waals surface area contributed by atoms with Gasteiger partial charge in [-0.1, -0.05) is 25.1 Å². The lowest BCUT2D eigenvalue weighted by molar-refractivity contribution is -0.156. The maximum absolute atomic E-state index is 13.9. The quantitative estimate of drug-likeness (QED) is 0.648. The summed E-state index contributed by atoms with van der Waals surface area (Å²) in [6.45, 7) is 3.83. The van der Waals surface area contributed by atoms with E-state index in [1.54, 1.807) is 0 Å². The number of hydrogen-bond acceptors (Lipinski definition) is 5. The van der Waals surface area contributed by atoms with Crippen LogP contribution in [0.15, 0.2) is 30.6 Å². The molecule has 0 bridgehead atoms. The van der Waals surface area contributed by atoms with Crippen molar-refractivity contribution in [2.24, 2.45) is 5.92 Å². The molecule has 5 rings (SSSR count). The molecule has 2 aliphatic rings. The highest BCUT2D eigenvalue weighted by molar-refractivity contribution is 5.98. The maximum Gasteiger partial charge on any atom is 0.396 e. The Kier molecular flexibility index (Phi) is 4.69. The number of hydrogen-bond donors (Lipinski definition) is 2. The number of para-hydroxylation sites is 1. The van der Waals surface area contributed by atoms with Gasteiger partial charge in [-0.15, -0.1) is 0 Å². The predicted molar refractivity (Wildman–Crippen MR) is 108 cm³/mol. The van der Waals surface area contributed by atoms with Gasteiger partial charge in [0.25, 0.3) is 0 Å². The van der Waals surface area contributed by atoms with Gasteiger partial charge in [0.2, 0.25) is 5.91 Å². The van der Waals surface area contributed by atoms with E-state index in [0.29, 0.717) is 11.6 Å². The zero-order valence-electron chi connectivity index (χ0n) is 16.8. The predicted octanol–water partition coefficient (Wildman–Crippen LogP) is 3.65. The average Bonchev–Trinajstić information content (AvgIpc) is 3.11. The van der Waals surface area contributed by atoms with E-state index in [0.717, 1.165) is 30.4 Å². The van der Waals surface area contributed by atoms with Gasteiger partial charge < -0.3 is 10.6 Å². The number of nitrogens with zero attached hydrogens (tertiary/aromatic N) is 4. The van der Waals surface area contributed by atoms with Crippen LogP contribution in [0.1, 0.15) is 37.3 Å². The topological polar surface area (TPSA) is 84.7 Å². The number of alkyl halides is 3. The summed E-state index contributed by atoms with van der Waals surface area (Å²) in [5, 5.41) is 11.4. The lowest BCUT2D eigenvalue weighted by Crippen LogP contribution is -2.36. The lowest BCUT2D eigenvalue weighted by Gasteiger charge is -2.30. The minimum absolute atomic E-state index is 0.0996. The molecule has 10 heteroatoms. The van der Waals surface area contributed by atoms with E-state index >= 15 is 0 Å². The van der Waals surface area contributed by atoms with Crippen LogP contribution >= 0.6 is 0 Å². The molecule has 0 aliphatic carbocycles. The molecule has 3 atom stereocenters. The Morgan fingerprint density at radius 3 is 2.74 bits per heavy atom. The summed E-state index contributed by atoms with van der Waals surface area (Å²) >= 11 is 0. The van der Waals surface area contributed by atoms with E-state index in [4.69, 9.17) is 5.10 Å². The fraction of sp³-hybridized carbons (Fsp3) is 0.429. The van der Waals surface area contributed by atoms with Crippen molar-refractivity contribution in [2.75, 3.05) is 18.4 Å². The number of nitrogens with one attached hydrogen (secondary N) is 2. The molecule has 0 radical (unpaired) electrons. The summed E-state index contributed by atoms with van der Waals surface area (Å²) in [6.07, 6.45) is -3.25. The van der Waals surface area contributed by atoms with Gasteiger partial charge in [-0.3, -0.25) is 9.48 Å². The molecule has 31 heavy (non-hydrogen) atoms. The third-order valence-electron chi connectivity index (χ3n) is 6.17. The monoisotopic (exact) mass is 430 g/mol. The van der Waals surface area contributed by atoms with Crippen molar-refractivity contribution in [3.8, 4) is 11.4 Å². The van der Waals surface area contributed by atoms with Gasteiger partial charge in [-0.2, -0.15) is 18.3 Å². The summed E-state index contributed by atoms with van der Waals surface area (Å²) < 4.78 is 43.6. The lowest BCUT2D eigenvalue weighted by atomic mass is 9.89. The van der Waals surface area contributed by atoms with Gasteiger partial charge in [-0.25, -0.2) is 9.97 Å². The summed E-state index contributed by atoms with van der Waals surface area (Å²) in [5.74, 6) is -2.48. The van der Waals surface area contributed by atoms with Gasteiger partial charge in [0.1, 0.15) is 23.5 Å². The molecule has 1 amide bonds. The van der Waals surface area contributed by atoms with E-state index in [-0.39, 0.29) is 23.1 Å². The second kappa shape index (κ2) is 7.30. The molecular weight excluding hydrogens is 409 g/mol. The molecule has 0 saturated carbocycles. The van der Waals surface area contributed by atoms with Crippen molar-refractivity contribution in [3.63, 3.8) is 0 Å². The molecule has 162 valence electrons. The Bertz CT molecular complexity index is 1160. The average molecular weight is 430 g/mol. The van der Waals surface area contributed by atoms with Crippen LogP contribution in [-0.4, -0.2) is 44.9 Å². The number of amides is 1. The van der Waals surface area contributed by atoms with Crippen molar-refractivity contribution in [1.82, 2.24) is 25.1 Å². The summed E-state index contributed by atoms with van der Waals surface area (Å²) in [7, 11) is 0. The van der Waals surface area contributed by atoms with Crippen LogP contribution in [0, 0.1) is 5.92 Å². The normalized spacial score (nSPS) is 24.1. The Hall–Kier alpha value is -3.01. The van der Waals surface area contributed by atoms with Gasteiger partial charge in [0.05, 0.1) is 17.5 Å². The number of piperidine rings is 1. The number of rotatable bonds is 2. The van der Waals surface area contributed by atoms with Crippen LogP contribution in [0.5, 0.6) is 0 Å². The Morgan fingerprint density at radius 1 is 1.16 bits per heavy atom. The molecule has 4 heterocycles. The van der Waals surface area contributed by atoms with Crippen molar-refractivity contribution < 1.29 is 18.0 Å². The van der Waals surface area contributed by atoms with E-state index in [9.17, 15) is 18.0 Å². The zero-order valence-corrected chi connectivity index (χ0v) is 16.8. The molecule has 0 spiro atoms. The number of anilines is 1. The molecular formula is C21H21F3N6O. The van der Waals surface area contributed by atoms with Crippen LogP contribution < -0.4 is 10.6 Å². The number of benzene rings is 1. The third-order valence-corrected chi connectivity index (χ3v) is 6.17. The fourth-order valence-corrected chi connectivity index (χ4v) is 4.64. The fourth-order valence-electron chi connectivity index (χ4n) is 4.64. The van der Waals surface area contributed by atoms with E-state index in [1.807, 2.05) is 28.9 Å². The highest BCUT2D eigenvalue weighted by Gasteiger charge is 2.47. The maximum atomic E-state index is 13.9. The second-order valence-corrected chi connectivity index (χ2v) is 8.18. The number of carbonyl (C=O) groups excluding carboxylic acids is 1. The van der Waals surface area contributed by atoms with Crippen LogP contribution in [-0.2, 0) is 4.79 Å². The zero-order chi connectivity index (χ0) is 21.8. The molecule has 2 aromatic heterocycles. The van der Waals surface area contributed by atoms with E-state index < -0.39 is 24.4 Å². The first-order chi connectivity index (χ1) is 14.8. The molecule has 1 saturated heterocycles. The van der Waals surface area contributed by atoms with Gasteiger partial charge in [-0.05, 0) is 31.5 Å². The largest absolute Gasteiger partial charge is 0.396 e. The smallest absolute Gasteiger partial charge is 0.316 e. The van der Waals surface area contributed by atoms with Crippen molar-refractivity contribution in [1.29, 1.82) is 0 Å². The van der Waals surface area contributed by atoms with Crippen LogP contribution in [0.3, 0.4) is 0 Å². The van der Waals surface area contributed by atoms with Crippen LogP contribution in [0.2, 0.25) is 0 Å². The number of carbonyl (C=O) groups is 1. The SMILES string of the molecule is C[C@@H]1CNCC[C@@H]1n1nc(-c2ncnc3c2[C@@H](C(F)(F)F)CC(=O)N3)c2ccccc21. The summed E-state index contributed by atoms with van der Waals surface area (Å²) in [5.41, 5.74) is 1.23. The van der Waals surface area contributed by atoms with Crippen molar-refractivity contribution >= 4 is 22.6 Å². The standard InChI is InChI=1S/C21H21F3N6O/c1-11-9-25-7-6-14(11)30-15-5-3-2-4-12(15)18(29-30)19-17-13(21(22,23)24)8-16(31)28-20(17)27-10-26-19/h2-5,10-11,13-14,25H,6-9H2,1H3,(H,26,27,28,31)/t11-,13+,14+/m1/s1. The number of fused-ring (bicyclic) bond motifs is 2. The summed E-state index contributed by atoms with van der Waals surface area (Å²) in [4.78, 5) is 20.0. The Balaban J connectivity index is 1.73. The molecule has 1 fully saturated rings. The van der Waals surface area contributed by atoms with E-state index in [2.05, 4.69) is 27.5 Å². The van der Waals surface area contributed by atoms with Crippen LogP contribution in [0.25, 0.3) is 22.3 Å². The first kappa shape index (κ1) is 19.9. The number of aromatic nitrogens is 4. The summed E-state index contributed by atoms with van der Waals surface area (Å²) in [6, 6.07) is 7.62. The molecule has 1 aromatic carbocycles. The molecule has 7 nitrogen and oxygen atoms in total. The van der Waals surface area contributed by atoms with Crippen molar-refractivity contribution in [2.45, 2.75) is 37.9 Å². The highest BCUT2D eigenvalue weighted by Crippen LogP contribution is 2.46.